The summed E-state index contributed by atoms with van der Waals surface area (Å²) in [5.74, 6) is 0.728. The predicted octanol–water partition coefficient (Wildman–Crippen LogP) is 3.30. The zero-order valence-corrected chi connectivity index (χ0v) is 16.1. The van der Waals surface area contributed by atoms with Crippen molar-refractivity contribution in [2.45, 2.75) is 0 Å². The minimum absolute atomic E-state index is 0.350. The van der Waals surface area contributed by atoms with Crippen LogP contribution >= 0.6 is 15.9 Å². The topological polar surface area (TPSA) is 63.2 Å². The number of halogens is 1. The number of nitrogens with zero attached hydrogens (tertiary/aromatic N) is 2. The monoisotopic (exact) mass is 405 g/mol. The summed E-state index contributed by atoms with van der Waals surface area (Å²) in [6.45, 7) is 0. The molecular formula is C18H20BrN3O3. The molecule has 0 unspecified atom stereocenters. The lowest BCUT2D eigenvalue weighted by molar-refractivity contribution is 0.0954. The number of nitrogens with one attached hydrogen (secondary N) is 1. The van der Waals surface area contributed by atoms with Crippen molar-refractivity contribution in [3.63, 3.8) is 0 Å². The molecule has 0 aromatic heterocycles. The molecule has 25 heavy (non-hydrogen) atoms. The van der Waals surface area contributed by atoms with Crippen molar-refractivity contribution in [2.75, 3.05) is 33.2 Å². The third-order valence-electron chi connectivity index (χ3n) is 3.45. The normalized spacial score (nSPS) is 10.6. The number of amides is 1. The number of ether oxygens (including phenoxy) is 2. The lowest BCUT2D eigenvalue weighted by Gasteiger charge is -2.14. The van der Waals surface area contributed by atoms with Crippen molar-refractivity contribution in [1.29, 1.82) is 0 Å². The molecule has 6 nitrogen and oxygen atoms in total. The van der Waals surface area contributed by atoms with Crippen LogP contribution in [0.15, 0.2) is 46.0 Å². The number of hydrazone groups is 1. The van der Waals surface area contributed by atoms with Crippen molar-refractivity contribution >= 4 is 33.7 Å². The molecule has 0 fully saturated rings. The zero-order valence-electron chi connectivity index (χ0n) is 14.5. The van der Waals surface area contributed by atoms with E-state index in [4.69, 9.17) is 9.47 Å². The van der Waals surface area contributed by atoms with Gasteiger partial charge in [0.15, 0.2) is 0 Å². The van der Waals surface area contributed by atoms with Crippen LogP contribution in [0, 0.1) is 0 Å². The van der Waals surface area contributed by atoms with E-state index in [-0.39, 0.29) is 5.91 Å². The lowest BCUT2D eigenvalue weighted by Crippen LogP contribution is -2.17. The third kappa shape index (κ3) is 4.96. The number of benzene rings is 2. The van der Waals surface area contributed by atoms with Crippen LogP contribution < -0.4 is 19.8 Å². The van der Waals surface area contributed by atoms with E-state index in [0.717, 1.165) is 15.7 Å². The van der Waals surface area contributed by atoms with Crippen LogP contribution in [0.1, 0.15) is 15.9 Å². The Bertz CT molecular complexity index is 769. The van der Waals surface area contributed by atoms with Gasteiger partial charge in [-0.1, -0.05) is 6.07 Å². The Hall–Kier alpha value is -2.54. The molecule has 2 aromatic carbocycles. The maximum absolute atomic E-state index is 12.2. The highest BCUT2D eigenvalue weighted by molar-refractivity contribution is 9.10. The van der Waals surface area contributed by atoms with E-state index in [0.29, 0.717) is 17.1 Å². The van der Waals surface area contributed by atoms with Gasteiger partial charge < -0.3 is 14.4 Å². The first-order valence-corrected chi connectivity index (χ1v) is 8.27. The first kappa shape index (κ1) is 18.8. The van der Waals surface area contributed by atoms with E-state index in [2.05, 4.69) is 26.5 Å². The van der Waals surface area contributed by atoms with Crippen LogP contribution in [-0.2, 0) is 0 Å². The SMILES string of the molecule is COc1cc(OC)cc(C(=O)NN=Cc2ccc(N(C)C)c(Br)c2)c1. The highest BCUT2D eigenvalue weighted by Gasteiger charge is 2.09. The molecule has 0 spiro atoms. The fourth-order valence-electron chi connectivity index (χ4n) is 2.13. The summed E-state index contributed by atoms with van der Waals surface area (Å²) in [5.41, 5.74) is 4.82. The highest BCUT2D eigenvalue weighted by Crippen LogP contribution is 2.25. The molecule has 0 bridgehead atoms. The number of carbonyl (C=O) groups excluding carboxylic acids is 1. The molecular weight excluding hydrogens is 386 g/mol. The second-order valence-electron chi connectivity index (χ2n) is 5.41. The van der Waals surface area contributed by atoms with Gasteiger partial charge >= 0.3 is 0 Å². The van der Waals surface area contributed by atoms with Crippen LogP contribution in [0.3, 0.4) is 0 Å². The molecule has 0 saturated carbocycles. The van der Waals surface area contributed by atoms with Crippen molar-refractivity contribution < 1.29 is 14.3 Å². The molecule has 1 N–H and O–H groups in total. The van der Waals surface area contributed by atoms with E-state index in [1.807, 2.05) is 37.2 Å². The Kier molecular flexibility index (Phi) is 6.41. The second kappa shape index (κ2) is 8.53. The number of hydrogen-bond donors (Lipinski definition) is 1. The van der Waals surface area contributed by atoms with Crippen LogP contribution in [0.5, 0.6) is 11.5 Å². The molecule has 0 aliphatic heterocycles. The molecule has 0 aliphatic carbocycles. The van der Waals surface area contributed by atoms with Gasteiger partial charge in [0.2, 0.25) is 0 Å². The molecule has 0 aliphatic rings. The Morgan fingerprint density at radius 3 is 2.28 bits per heavy atom. The summed E-state index contributed by atoms with van der Waals surface area (Å²) in [7, 11) is 7.00. The molecule has 0 saturated heterocycles. The van der Waals surface area contributed by atoms with E-state index >= 15 is 0 Å². The standard InChI is InChI=1S/C18H20BrN3O3/c1-22(2)17-6-5-12(7-16(17)19)11-20-21-18(23)13-8-14(24-3)10-15(9-13)25-4/h5-11H,1-4H3,(H,21,23). The fraction of sp³-hybridized carbons (Fsp3) is 0.222. The van der Waals surface area contributed by atoms with Gasteiger partial charge in [0, 0.05) is 30.2 Å². The molecule has 1 amide bonds. The van der Waals surface area contributed by atoms with Gasteiger partial charge in [0.25, 0.3) is 5.91 Å². The molecule has 0 atom stereocenters. The van der Waals surface area contributed by atoms with E-state index in [1.165, 1.54) is 14.2 Å². The summed E-state index contributed by atoms with van der Waals surface area (Å²) >= 11 is 3.52. The first-order valence-electron chi connectivity index (χ1n) is 7.48. The second-order valence-corrected chi connectivity index (χ2v) is 6.26. The molecule has 2 rings (SSSR count). The summed E-state index contributed by atoms with van der Waals surface area (Å²) in [6.07, 6.45) is 1.58. The van der Waals surface area contributed by atoms with Crippen LogP contribution in [0.2, 0.25) is 0 Å². The van der Waals surface area contributed by atoms with Crippen molar-refractivity contribution in [3.8, 4) is 11.5 Å². The van der Waals surface area contributed by atoms with Gasteiger partial charge in [-0.15, -0.1) is 0 Å². The van der Waals surface area contributed by atoms with Crippen molar-refractivity contribution in [3.05, 3.63) is 52.0 Å². The van der Waals surface area contributed by atoms with E-state index < -0.39 is 0 Å². The number of hydrogen-bond acceptors (Lipinski definition) is 5. The van der Waals surface area contributed by atoms with E-state index in [9.17, 15) is 4.79 Å². The average molecular weight is 406 g/mol. The van der Waals surface area contributed by atoms with Gasteiger partial charge in [-0.2, -0.15) is 5.10 Å². The summed E-state index contributed by atoms with van der Waals surface area (Å²) < 4.78 is 11.3. The van der Waals surface area contributed by atoms with Crippen molar-refractivity contribution in [2.24, 2.45) is 5.10 Å². The minimum atomic E-state index is -0.350. The average Bonchev–Trinajstić information content (AvgIpc) is 2.60. The number of carbonyl (C=O) groups is 1. The Balaban J connectivity index is 2.09. The zero-order chi connectivity index (χ0) is 18.4. The number of methoxy groups -OCH3 is 2. The molecule has 132 valence electrons. The maximum atomic E-state index is 12.2. The number of anilines is 1. The summed E-state index contributed by atoms with van der Waals surface area (Å²) in [6, 6.07) is 10.8. The Labute approximate surface area is 155 Å². The highest BCUT2D eigenvalue weighted by atomic mass is 79.9. The summed E-state index contributed by atoms with van der Waals surface area (Å²) in [5, 5.41) is 4.00. The first-order chi connectivity index (χ1) is 11.9. The van der Waals surface area contributed by atoms with Crippen LogP contribution in [0.25, 0.3) is 0 Å². The molecule has 0 heterocycles. The Morgan fingerprint density at radius 2 is 1.76 bits per heavy atom. The molecule has 7 heteroatoms. The molecule has 0 radical (unpaired) electrons. The smallest absolute Gasteiger partial charge is 0.271 e. The largest absolute Gasteiger partial charge is 0.497 e. The lowest BCUT2D eigenvalue weighted by atomic mass is 10.2. The van der Waals surface area contributed by atoms with Crippen LogP contribution in [0.4, 0.5) is 5.69 Å². The fourth-order valence-corrected chi connectivity index (χ4v) is 2.89. The van der Waals surface area contributed by atoms with Gasteiger partial charge in [-0.3, -0.25) is 4.79 Å². The maximum Gasteiger partial charge on any atom is 0.271 e. The van der Waals surface area contributed by atoms with Gasteiger partial charge in [0.1, 0.15) is 11.5 Å². The molecule has 2 aromatic rings. The predicted molar refractivity (Wildman–Crippen MR) is 103 cm³/mol. The third-order valence-corrected chi connectivity index (χ3v) is 4.08. The van der Waals surface area contributed by atoms with Gasteiger partial charge in [-0.25, -0.2) is 5.43 Å². The number of rotatable bonds is 6. The van der Waals surface area contributed by atoms with Crippen molar-refractivity contribution in [1.82, 2.24) is 5.43 Å². The van der Waals surface area contributed by atoms with Gasteiger partial charge in [0.05, 0.1) is 26.1 Å². The quantitative estimate of drug-likeness (QED) is 0.591. The van der Waals surface area contributed by atoms with Crippen LogP contribution in [-0.4, -0.2) is 40.4 Å². The summed E-state index contributed by atoms with van der Waals surface area (Å²) in [4.78, 5) is 14.2. The minimum Gasteiger partial charge on any atom is -0.497 e. The van der Waals surface area contributed by atoms with E-state index in [1.54, 1.807) is 24.4 Å². The Morgan fingerprint density at radius 1 is 1.12 bits per heavy atom. The van der Waals surface area contributed by atoms with Gasteiger partial charge in [-0.05, 0) is 45.8 Å².